The summed E-state index contributed by atoms with van der Waals surface area (Å²) in [6.07, 6.45) is 2.94. The molecule has 2 aromatic rings. The van der Waals surface area contributed by atoms with Gasteiger partial charge in [-0.3, -0.25) is 0 Å². The van der Waals surface area contributed by atoms with Crippen molar-refractivity contribution < 1.29 is 0 Å². The molecule has 0 saturated carbocycles. The number of benzene rings is 1. The summed E-state index contributed by atoms with van der Waals surface area (Å²) in [6, 6.07) is 7.72. The van der Waals surface area contributed by atoms with Crippen LogP contribution in [0.25, 0.3) is 0 Å². The summed E-state index contributed by atoms with van der Waals surface area (Å²) in [4.78, 5) is 5.57. The zero-order valence-corrected chi connectivity index (χ0v) is 10.6. The highest BCUT2D eigenvalue weighted by molar-refractivity contribution is 7.11. The number of anilines is 1. The molecule has 0 bridgehead atoms. The van der Waals surface area contributed by atoms with E-state index in [4.69, 9.17) is 11.6 Å². The van der Waals surface area contributed by atoms with Crippen LogP contribution in [0.1, 0.15) is 16.8 Å². The van der Waals surface area contributed by atoms with Crippen LogP contribution >= 0.6 is 22.9 Å². The molecule has 0 unspecified atom stereocenters. The van der Waals surface area contributed by atoms with Gasteiger partial charge in [0.05, 0.1) is 11.6 Å². The first-order valence-electron chi connectivity index (χ1n) is 5.21. The number of thiazole rings is 1. The second-order valence-electron chi connectivity index (χ2n) is 3.43. The number of rotatable bonds is 4. The molecule has 0 radical (unpaired) electrons. The van der Waals surface area contributed by atoms with E-state index in [1.54, 1.807) is 11.3 Å². The lowest BCUT2D eigenvalue weighted by Crippen LogP contribution is -1.96. The number of hydrogen-bond acceptors (Lipinski definition) is 3. The zero-order chi connectivity index (χ0) is 11.4. The third-order valence-corrected chi connectivity index (χ3v) is 3.61. The number of nitrogens with one attached hydrogen (secondary N) is 1. The number of aromatic nitrogens is 1. The lowest BCUT2D eigenvalue weighted by atomic mass is 10.3. The Kier molecular flexibility index (Phi) is 3.80. The minimum Gasteiger partial charge on any atom is -0.380 e. The molecule has 0 aliphatic heterocycles. The first kappa shape index (κ1) is 11.4. The largest absolute Gasteiger partial charge is 0.380 e. The van der Waals surface area contributed by atoms with Gasteiger partial charge in [-0.2, -0.15) is 0 Å². The molecule has 0 saturated heterocycles. The lowest BCUT2D eigenvalue weighted by molar-refractivity contribution is 1.09. The molecule has 0 aliphatic carbocycles. The maximum atomic E-state index is 5.82. The van der Waals surface area contributed by atoms with Crippen LogP contribution in [0.3, 0.4) is 0 Å². The second kappa shape index (κ2) is 5.32. The van der Waals surface area contributed by atoms with Crippen molar-refractivity contribution in [3.8, 4) is 0 Å². The molecular weight excluding hydrogens is 240 g/mol. The molecule has 0 fully saturated rings. The Hall–Kier alpha value is -1.06. The summed E-state index contributed by atoms with van der Waals surface area (Å²) in [6.45, 7) is 2.94. The highest BCUT2D eigenvalue weighted by Gasteiger charge is 1.99. The van der Waals surface area contributed by atoms with Gasteiger partial charge in [0.25, 0.3) is 0 Å². The van der Waals surface area contributed by atoms with E-state index >= 15 is 0 Å². The smallest absolute Gasteiger partial charge is 0.0925 e. The summed E-state index contributed by atoms with van der Waals surface area (Å²) < 4.78 is 0. The Morgan fingerprint density at radius 2 is 2.06 bits per heavy atom. The molecule has 0 atom stereocenters. The van der Waals surface area contributed by atoms with Crippen LogP contribution in [0, 0.1) is 0 Å². The molecule has 0 spiro atoms. The fraction of sp³-hybridized carbons (Fsp3) is 0.250. The van der Waals surface area contributed by atoms with Gasteiger partial charge in [0.2, 0.25) is 0 Å². The number of hydrogen-bond donors (Lipinski definition) is 1. The first-order chi connectivity index (χ1) is 7.78. The first-order valence-corrected chi connectivity index (χ1v) is 6.40. The van der Waals surface area contributed by atoms with Crippen LogP contribution in [-0.4, -0.2) is 4.98 Å². The molecule has 0 aliphatic rings. The van der Waals surface area contributed by atoms with Crippen molar-refractivity contribution in [1.29, 1.82) is 0 Å². The van der Waals surface area contributed by atoms with Crippen molar-refractivity contribution >= 4 is 28.6 Å². The van der Waals surface area contributed by atoms with Gasteiger partial charge in [-0.05, 0) is 30.7 Å². The van der Waals surface area contributed by atoms with Gasteiger partial charge in [-0.25, -0.2) is 4.98 Å². The van der Waals surface area contributed by atoms with Crippen LogP contribution in [0.4, 0.5) is 5.69 Å². The number of halogens is 1. The Morgan fingerprint density at radius 3 is 2.69 bits per heavy atom. The lowest BCUT2D eigenvalue weighted by Gasteiger charge is -2.03. The molecule has 1 aromatic heterocycles. The van der Waals surface area contributed by atoms with E-state index in [1.165, 1.54) is 9.88 Å². The van der Waals surface area contributed by atoms with Gasteiger partial charge in [-0.1, -0.05) is 18.5 Å². The molecule has 0 amide bonds. The van der Waals surface area contributed by atoms with Crippen molar-refractivity contribution in [3.63, 3.8) is 0 Å². The Balaban J connectivity index is 1.94. The number of aryl methyl sites for hydroxylation is 1. The Morgan fingerprint density at radius 1 is 1.31 bits per heavy atom. The number of nitrogens with zero attached hydrogens (tertiary/aromatic N) is 1. The summed E-state index contributed by atoms with van der Waals surface area (Å²) in [5, 5.41) is 5.29. The van der Waals surface area contributed by atoms with Crippen LogP contribution in [-0.2, 0) is 13.0 Å². The third kappa shape index (κ3) is 2.97. The van der Waals surface area contributed by atoms with E-state index in [-0.39, 0.29) is 0 Å². The topological polar surface area (TPSA) is 24.9 Å². The maximum absolute atomic E-state index is 5.82. The summed E-state index contributed by atoms with van der Waals surface area (Å²) in [5.74, 6) is 0. The van der Waals surface area contributed by atoms with E-state index < -0.39 is 0 Å². The van der Waals surface area contributed by atoms with Gasteiger partial charge >= 0.3 is 0 Å². The van der Waals surface area contributed by atoms with Gasteiger partial charge in [-0.15, -0.1) is 11.3 Å². The highest BCUT2D eigenvalue weighted by Crippen LogP contribution is 2.17. The monoisotopic (exact) mass is 252 g/mol. The van der Waals surface area contributed by atoms with Crippen molar-refractivity contribution in [2.24, 2.45) is 0 Å². The molecule has 2 nitrogen and oxygen atoms in total. The van der Waals surface area contributed by atoms with Crippen molar-refractivity contribution in [2.45, 2.75) is 19.9 Å². The molecular formula is C12H13ClN2S. The average Bonchev–Trinajstić information content (AvgIpc) is 2.76. The van der Waals surface area contributed by atoms with E-state index in [0.717, 1.165) is 23.7 Å². The van der Waals surface area contributed by atoms with Gasteiger partial charge in [0.15, 0.2) is 0 Å². The average molecular weight is 253 g/mol. The van der Waals surface area contributed by atoms with E-state index in [2.05, 4.69) is 17.2 Å². The van der Waals surface area contributed by atoms with E-state index in [0.29, 0.717) is 0 Å². The summed E-state index contributed by atoms with van der Waals surface area (Å²) >= 11 is 7.57. The molecule has 2 rings (SSSR count). The van der Waals surface area contributed by atoms with Gasteiger partial charge < -0.3 is 5.32 Å². The predicted octanol–water partition coefficient (Wildman–Crippen LogP) is 3.97. The normalized spacial score (nSPS) is 10.4. The van der Waals surface area contributed by atoms with E-state index in [9.17, 15) is 0 Å². The molecule has 1 aromatic carbocycles. The predicted molar refractivity (Wildman–Crippen MR) is 70.3 cm³/mol. The van der Waals surface area contributed by atoms with Crippen LogP contribution in [0.5, 0.6) is 0 Å². The standard InChI is InChI=1S/C12H13ClN2S/c1-2-12-15-8-11(16-12)7-14-10-5-3-9(13)4-6-10/h3-6,8,14H,2,7H2,1H3. The van der Waals surface area contributed by atoms with Gasteiger partial charge in [0, 0.05) is 21.8 Å². The fourth-order valence-corrected chi connectivity index (χ4v) is 2.28. The van der Waals surface area contributed by atoms with Crippen LogP contribution < -0.4 is 5.32 Å². The molecule has 1 heterocycles. The Bertz CT molecular complexity index is 450. The van der Waals surface area contributed by atoms with Crippen molar-refractivity contribution in [2.75, 3.05) is 5.32 Å². The van der Waals surface area contributed by atoms with Crippen LogP contribution in [0.2, 0.25) is 5.02 Å². The van der Waals surface area contributed by atoms with Gasteiger partial charge in [0.1, 0.15) is 0 Å². The molecule has 1 N–H and O–H groups in total. The van der Waals surface area contributed by atoms with Crippen molar-refractivity contribution in [3.05, 3.63) is 45.4 Å². The maximum Gasteiger partial charge on any atom is 0.0925 e. The minimum absolute atomic E-state index is 0.761. The van der Waals surface area contributed by atoms with Crippen LogP contribution in [0.15, 0.2) is 30.5 Å². The van der Waals surface area contributed by atoms with Crippen molar-refractivity contribution in [1.82, 2.24) is 4.98 Å². The second-order valence-corrected chi connectivity index (χ2v) is 5.07. The summed E-state index contributed by atoms with van der Waals surface area (Å²) in [5.41, 5.74) is 1.08. The quantitative estimate of drug-likeness (QED) is 0.891. The fourth-order valence-electron chi connectivity index (χ4n) is 1.35. The molecule has 4 heteroatoms. The Labute approximate surface area is 104 Å². The highest BCUT2D eigenvalue weighted by atomic mass is 35.5. The summed E-state index contributed by atoms with van der Waals surface area (Å²) in [7, 11) is 0. The molecule has 84 valence electrons. The zero-order valence-electron chi connectivity index (χ0n) is 9.03. The SMILES string of the molecule is CCc1ncc(CNc2ccc(Cl)cc2)s1. The third-order valence-electron chi connectivity index (χ3n) is 2.21. The molecule has 16 heavy (non-hydrogen) atoms. The van der Waals surface area contributed by atoms with E-state index in [1.807, 2.05) is 30.5 Å². The minimum atomic E-state index is 0.761.